The predicted molar refractivity (Wildman–Crippen MR) is 62.3 cm³/mol. The largest absolute Gasteiger partial charge is 0.433 e. The maximum Gasteiger partial charge on any atom is 0.313 e. The van der Waals surface area contributed by atoms with Crippen molar-refractivity contribution in [2.24, 2.45) is 5.92 Å². The van der Waals surface area contributed by atoms with Crippen LogP contribution in [-0.2, 0) is 14.3 Å². The molecule has 0 aliphatic carbocycles. The standard InChI is InChI=1S/C13H19NO3/c1-3-6-13-9(2)11(15)17-12(13)16-8-10-5-4-7-14(10)13/h3,9-10,12H,1,4-8H2,2H3/t9-,10-,12-,13+/m0/s1. The second-order valence-electron chi connectivity index (χ2n) is 5.30. The molecule has 3 aliphatic heterocycles. The Morgan fingerprint density at radius 3 is 3.24 bits per heavy atom. The van der Waals surface area contributed by atoms with Gasteiger partial charge >= 0.3 is 5.97 Å². The van der Waals surface area contributed by atoms with Crippen LogP contribution in [0.25, 0.3) is 0 Å². The van der Waals surface area contributed by atoms with Crippen LogP contribution in [0, 0.1) is 5.92 Å². The van der Waals surface area contributed by atoms with E-state index in [1.54, 1.807) is 0 Å². The maximum atomic E-state index is 11.8. The van der Waals surface area contributed by atoms with Crippen molar-refractivity contribution in [3.05, 3.63) is 12.7 Å². The van der Waals surface area contributed by atoms with Crippen LogP contribution in [-0.4, -0.2) is 41.9 Å². The normalized spacial score (nSPS) is 45.2. The van der Waals surface area contributed by atoms with Crippen LogP contribution in [0.1, 0.15) is 26.2 Å². The molecular formula is C13H19NO3. The van der Waals surface area contributed by atoms with Gasteiger partial charge in [0.15, 0.2) is 0 Å². The first-order chi connectivity index (χ1) is 8.20. The lowest BCUT2D eigenvalue weighted by Crippen LogP contribution is -2.64. The van der Waals surface area contributed by atoms with Gasteiger partial charge in [0.1, 0.15) is 5.54 Å². The number of morpholine rings is 1. The molecule has 0 aromatic heterocycles. The van der Waals surface area contributed by atoms with E-state index in [1.165, 1.54) is 6.42 Å². The Labute approximate surface area is 102 Å². The molecule has 0 amide bonds. The zero-order valence-electron chi connectivity index (χ0n) is 10.2. The molecule has 0 radical (unpaired) electrons. The van der Waals surface area contributed by atoms with Crippen LogP contribution >= 0.6 is 0 Å². The molecule has 3 rings (SSSR count). The third-order valence-corrected chi connectivity index (χ3v) is 4.56. The van der Waals surface area contributed by atoms with Gasteiger partial charge in [-0.05, 0) is 32.7 Å². The Bertz CT molecular complexity index is 357. The van der Waals surface area contributed by atoms with E-state index in [4.69, 9.17) is 9.47 Å². The lowest BCUT2D eigenvalue weighted by molar-refractivity contribution is -0.219. The van der Waals surface area contributed by atoms with Crippen LogP contribution in [0.5, 0.6) is 0 Å². The quantitative estimate of drug-likeness (QED) is 0.536. The molecule has 3 fully saturated rings. The molecule has 0 unspecified atom stereocenters. The summed E-state index contributed by atoms with van der Waals surface area (Å²) in [6.45, 7) is 7.51. The molecular weight excluding hydrogens is 218 g/mol. The third kappa shape index (κ3) is 1.34. The number of rotatable bonds is 2. The molecule has 0 N–H and O–H groups in total. The first kappa shape index (κ1) is 11.2. The van der Waals surface area contributed by atoms with Gasteiger partial charge in [-0.2, -0.15) is 0 Å². The third-order valence-electron chi connectivity index (χ3n) is 4.56. The van der Waals surface area contributed by atoms with E-state index < -0.39 is 6.29 Å². The van der Waals surface area contributed by atoms with Gasteiger partial charge in [-0.3, -0.25) is 9.69 Å². The van der Waals surface area contributed by atoms with Crippen molar-refractivity contribution in [2.75, 3.05) is 13.2 Å². The summed E-state index contributed by atoms with van der Waals surface area (Å²) in [5, 5.41) is 0. The fourth-order valence-electron chi connectivity index (χ4n) is 3.66. The number of carbonyl (C=O) groups is 1. The Morgan fingerprint density at radius 1 is 1.65 bits per heavy atom. The average molecular weight is 237 g/mol. The zero-order chi connectivity index (χ0) is 12.0. The molecule has 4 heteroatoms. The molecule has 4 atom stereocenters. The minimum Gasteiger partial charge on any atom is -0.433 e. The van der Waals surface area contributed by atoms with E-state index in [9.17, 15) is 4.79 Å². The van der Waals surface area contributed by atoms with E-state index in [0.29, 0.717) is 12.6 Å². The Morgan fingerprint density at radius 2 is 2.47 bits per heavy atom. The molecule has 4 nitrogen and oxygen atoms in total. The molecule has 0 aromatic rings. The fraction of sp³-hybridized carbons (Fsp3) is 0.769. The minimum atomic E-state index is -0.405. The van der Waals surface area contributed by atoms with Gasteiger partial charge in [0.25, 0.3) is 0 Å². The summed E-state index contributed by atoms with van der Waals surface area (Å²) >= 11 is 0. The summed E-state index contributed by atoms with van der Waals surface area (Å²) < 4.78 is 11.2. The number of esters is 1. The first-order valence-corrected chi connectivity index (χ1v) is 6.40. The van der Waals surface area contributed by atoms with Crippen LogP contribution in [0.4, 0.5) is 0 Å². The van der Waals surface area contributed by atoms with Crippen LogP contribution in [0.15, 0.2) is 12.7 Å². The molecule has 0 saturated carbocycles. The first-order valence-electron chi connectivity index (χ1n) is 6.40. The Kier molecular flexibility index (Phi) is 2.52. The summed E-state index contributed by atoms with van der Waals surface area (Å²) in [6.07, 6.45) is 4.57. The highest BCUT2D eigenvalue weighted by molar-refractivity contribution is 5.77. The summed E-state index contributed by atoms with van der Waals surface area (Å²) in [6, 6.07) is 0.447. The highest BCUT2D eigenvalue weighted by Gasteiger charge is 2.62. The highest BCUT2D eigenvalue weighted by atomic mass is 16.7. The number of fused-ring (bicyclic) bond motifs is 3. The Hall–Kier alpha value is -0.870. The number of nitrogens with zero attached hydrogens (tertiary/aromatic N) is 1. The van der Waals surface area contributed by atoms with Crippen LogP contribution in [0.3, 0.4) is 0 Å². The van der Waals surface area contributed by atoms with E-state index in [1.807, 2.05) is 13.0 Å². The number of hydrogen-bond acceptors (Lipinski definition) is 4. The second-order valence-corrected chi connectivity index (χ2v) is 5.30. The summed E-state index contributed by atoms with van der Waals surface area (Å²) in [5.41, 5.74) is -0.307. The van der Waals surface area contributed by atoms with Gasteiger partial charge in [-0.25, -0.2) is 0 Å². The van der Waals surface area contributed by atoms with Crippen molar-refractivity contribution in [2.45, 2.75) is 44.1 Å². The van der Waals surface area contributed by atoms with Crippen molar-refractivity contribution in [1.29, 1.82) is 0 Å². The number of hydrogen-bond donors (Lipinski definition) is 0. The van der Waals surface area contributed by atoms with Crippen LogP contribution in [0.2, 0.25) is 0 Å². The van der Waals surface area contributed by atoms with Crippen LogP contribution < -0.4 is 0 Å². The Balaban J connectivity index is 2.02. The van der Waals surface area contributed by atoms with E-state index in [2.05, 4.69) is 11.5 Å². The predicted octanol–water partition coefficient (Wildman–Crippen LogP) is 1.31. The summed E-state index contributed by atoms with van der Waals surface area (Å²) in [5.74, 6) is -0.268. The van der Waals surface area contributed by atoms with Gasteiger partial charge in [0.2, 0.25) is 6.29 Å². The van der Waals surface area contributed by atoms with E-state index in [-0.39, 0.29) is 17.4 Å². The molecule has 3 heterocycles. The average Bonchev–Trinajstić information content (AvgIpc) is 2.87. The van der Waals surface area contributed by atoms with Gasteiger partial charge in [0, 0.05) is 6.04 Å². The van der Waals surface area contributed by atoms with E-state index in [0.717, 1.165) is 19.4 Å². The summed E-state index contributed by atoms with van der Waals surface area (Å²) in [7, 11) is 0. The van der Waals surface area contributed by atoms with Gasteiger partial charge in [0.05, 0.1) is 12.5 Å². The molecule has 0 spiro atoms. The highest BCUT2D eigenvalue weighted by Crippen LogP contribution is 2.47. The second kappa shape index (κ2) is 3.82. The lowest BCUT2D eigenvalue weighted by Gasteiger charge is -2.49. The lowest BCUT2D eigenvalue weighted by atomic mass is 9.80. The van der Waals surface area contributed by atoms with Crippen molar-refractivity contribution < 1.29 is 14.3 Å². The van der Waals surface area contributed by atoms with Crippen molar-refractivity contribution in [3.8, 4) is 0 Å². The molecule has 3 aliphatic rings. The van der Waals surface area contributed by atoms with Gasteiger partial charge < -0.3 is 9.47 Å². The molecule has 0 bridgehead atoms. The molecule has 17 heavy (non-hydrogen) atoms. The fourth-order valence-corrected chi connectivity index (χ4v) is 3.66. The topological polar surface area (TPSA) is 38.8 Å². The minimum absolute atomic E-state index is 0.133. The molecule has 0 aromatic carbocycles. The monoisotopic (exact) mass is 237 g/mol. The van der Waals surface area contributed by atoms with Crippen molar-refractivity contribution >= 4 is 5.97 Å². The zero-order valence-corrected chi connectivity index (χ0v) is 10.2. The van der Waals surface area contributed by atoms with Crippen molar-refractivity contribution in [3.63, 3.8) is 0 Å². The van der Waals surface area contributed by atoms with Gasteiger partial charge in [-0.1, -0.05) is 6.08 Å². The molecule has 3 saturated heterocycles. The van der Waals surface area contributed by atoms with Gasteiger partial charge in [-0.15, -0.1) is 6.58 Å². The van der Waals surface area contributed by atoms with E-state index >= 15 is 0 Å². The smallest absolute Gasteiger partial charge is 0.313 e. The SMILES string of the molecule is C=CC[C@@]12[C@@H](OC[C@@H]3CCCN31)OC(=O)[C@@H]2C. The molecule has 94 valence electrons. The summed E-state index contributed by atoms with van der Waals surface area (Å²) in [4.78, 5) is 14.3. The van der Waals surface area contributed by atoms with Crippen molar-refractivity contribution in [1.82, 2.24) is 4.90 Å². The number of ether oxygens (including phenoxy) is 2. The number of carbonyl (C=O) groups excluding carboxylic acids is 1. The maximum absolute atomic E-state index is 11.8.